The molecule has 0 aliphatic rings. The van der Waals surface area contributed by atoms with Gasteiger partial charge in [0.25, 0.3) is 0 Å². The fourth-order valence-electron chi connectivity index (χ4n) is 1.76. The molecule has 5 heteroatoms. The molecule has 3 nitrogen and oxygen atoms in total. The number of aliphatic hydroxyl groups is 1. The van der Waals surface area contributed by atoms with Crippen LogP contribution in [0, 0.1) is 0 Å². The Kier molecular flexibility index (Phi) is 6.53. The van der Waals surface area contributed by atoms with Crippen molar-refractivity contribution < 1.29 is 5.11 Å². The third-order valence-corrected chi connectivity index (χ3v) is 4.38. The van der Waals surface area contributed by atoms with E-state index in [1.807, 2.05) is 0 Å². The number of thiophene rings is 1. The van der Waals surface area contributed by atoms with E-state index in [-0.39, 0.29) is 12.6 Å². The van der Waals surface area contributed by atoms with Crippen LogP contribution in [0.3, 0.4) is 0 Å². The Morgan fingerprint density at radius 1 is 1.62 bits per heavy atom. The van der Waals surface area contributed by atoms with E-state index >= 15 is 0 Å². The third kappa shape index (κ3) is 3.82. The molecule has 0 amide bonds. The maximum atomic E-state index is 8.88. The molecule has 0 bridgehead atoms. The molecule has 0 saturated heterocycles. The number of hydrogen-bond donors (Lipinski definition) is 2. The van der Waals surface area contributed by atoms with Gasteiger partial charge < -0.3 is 10.8 Å². The summed E-state index contributed by atoms with van der Waals surface area (Å²) in [5.74, 6) is 0. The third-order valence-electron chi connectivity index (χ3n) is 2.59. The summed E-state index contributed by atoms with van der Waals surface area (Å²) in [4.78, 5) is 3.60. The first-order valence-corrected chi connectivity index (χ1v) is 7.19. The number of aliphatic hydroxyl groups excluding tert-OH is 1. The van der Waals surface area contributed by atoms with Crippen molar-refractivity contribution in [3.05, 3.63) is 20.8 Å². The molecule has 0 aromatic carbocycles. The van der Waals surface area contributed by atoms with Gasteiger partial charge in [-0.3, -0.25) is 4.90 Å². The molecule has 1 aromatic rings. The van der Waals surface area contributed by atoms with Crippen LogP contribution in [0.2, 0.25) is 0 Å². The minimum absolute atomic E-state index is 0.238. The van der Waals surface area contributed by atoms with Gasteiger partial charge in [-0.15, -0.1) is 11.3 Å². The van der Waals surface area contributed by atoms with Crippen LogP contribution in [0.15, 0.2) is 15.9 Å². The molecule has 1 aromatic heterocycles. The topological polar surface area (TPSA) is 49.5 Å². The zero-order chi connectivity index (χ0) is 12.0. The van der Waals surface area contributed by atoms with Gasteiger partial charge in [0.05, 0.1) is 6.04 Å². The van der Waals surface area contributed by atoms with Gasteiger partial charge in [-0.25, -0.2) is 0 Å². The van der Waals surface area contributed by atoms with E-state index in [4.69, 9.17) is 10.8 Å². The van der Waals surface area contributed by atoms with Crippen LogP contribution in [0.1, 0.15) is 24.3 Å². The zero-order valence-corrected chi connectivity index (χ0v) is 11.9. The largest absolute Gasteiger partial charge is 0.396 e. The van der Waals surface area contributed by atoms with E-state index in [2.05, 4.69) is 39.2 Å². The Morgan fingerprint density at radius 2 is 2.38 bits per heavy atom. The second-order valence-corrected chi connectivity index (χ2v) is 5.48. The van der Waals surface area contributed by atoms with Crippen molar-refractivity contribution in [3.63, 3.8) is 0 Å². The average molecular weight is 307 g/mol. The second kappa shape index (κ2) is 7.40. The lowest BCUT2D eigenvalue weighted by molar-refractivity contribution is 0.187. The molecule has 0 radical (unpaired) electrons. The Bertz CT molecular complexity index is 306. The first-order valence-electron chi connectivity index (χ1n) is 5.51. The van der Waals surface area contributed by atoms with Gasteiger partial charge in [0.1, 0.15) is 0 Å². The van der Waals surface area contributed by atoms with Gasteiger partial charge in [0, 0.05) is 34.4 Å². The summed E-state index contributed by atoms with van der Waals surface area (Å²) < 4.78 is 1.11. The van der Waals surface area contributed by atoms with Gasteiger partial charge in [-0.1, -0.05) is 6.92 Å². The molecule has 1 atom stereocenters. The van der Waals surface area contributed by atoms with Crippen molar-refractivity contribution in [1.82, 2.24) is 4.90 Å². The van der Waals surface area contributed by atoms with Crippen LogP contribution in [0.5, 0.6) is 0 Å². The summed E-state index contributed by atoms with van der Waals surface area (Å²) in [7, 11) is 0. The normalized spacial score (nSPS) is 13.3. The van der Waals surface area contributed by atoms with E-state index < -0.39 is 0 Å². The molecule has 1 rings (SSSR count). The molecular weight excluding hydrogens is 288 g/mol. The van der Waals surface area contributed by atoms with Gasteiger partial charge in [0.2, 0.25) is 0 Å². The Balaban J connectivity index is 2.70. The standard InChI is InChI=1S/C11H19BrN2OS/c1-2-14(4-3-5-15)10(7-13)11-6-9(12)8-16-11/h6,8,10,15H,2-5,7,13H2,1H3. The molecule has 1 unspecified atom stereocenters. The molecule has 3 N–H and O–H groups in total. The van der Waals surface area contributed by atoms with Gasteiger partial charge in [-0.05, 0) is 35.0 Å². The number of hydrogen-bond acceptors (Lipinski definition) is 4. The predicted octanol–water partition coefficient (Wildman–Crippen LogP) is 2.21. The zero-order valence-electron chi connectivity index (χ0n) is 9.53. The van der Waals surface area contributed by atoms with Crippen LogP contribution in [0.4, 0.5) is 0 Å². The van der Waals surface area contributed by atoms with Gasteiger partial charge in [-0.2, -0.15) is 0 Å². The molecule has 92 valence electrons. The van der Waals surface area contributed by atoms with Crippen LogP contribution >= 0.6 is 27.3 Å². The highest BCUT2D eigenvalue weighted by atomic mass is 79.9. The summed E-state index contributed by atoms with van der Waals surface area (Å²) in [6.07, 6.45) is 0.802. The fraction of sp³-hybridized carbons (Fsp3) is 0.636. The van der Waals surface area contributed by atoms with Crippen LogP contribution in [-0.2, 0) is 0 Å². The predicted molar refractivity (Wildman–Crippen MR) is 72.8 cm³/mol. The quantitative estimate of drug-likeness (QED) is 0.812. The summed E-state index contributed by atoms with van der Waals surface area (Å²) in [6.45, 7) is 4.83. The minimum Gasteiger partial charge on any atom is -0.396 e. The first kappa shape index (κ1) is 14.1. The fourth-order valence-corrected chi connectivity index (χ4v) is 3.35. The molecule has 0 aliphatic heterocycles. The minimum atomic E-state index is 0.238. The summed E-state index contributed by atoms with van der Waals surface area (Å²) >= 11 is 5.19. The molecule has 0 aliphatic carbocycles. The van der Waals surface area contributed by atoms with Crippen LogP contribution in [-0.4, -0.2) is 36.2 Å². The van der Waals surface area contributed by atoms with Gasteiger partial charge >= 0.3 is 0 Å². The van der Waals surface area contributed by atoms with E-state index in [9.17, 15) is 0 Å². The second-order valence-electron chi connectivity index (χ2n) is 3.62. The number of halogens is 1. The SMILES string of the molecule is CCN(CCCO)C(CN)c1cc(Br)cs1. The first-order chi connectivity index (χ1) is 7.72. The molecule has 16 heavy (non-hydrogen) atoms. The molecular formula is C11H19BrN2OS. The summed E-state index contributed by atoms with van der Waals surface area (Å²) in [5.41, 5.74) is 5.85. The van der Waals surface area contributed by atoms with Crippen LogP contribution in [0.25, 0.3) is 0 Å². The van der Waals surface area contributed by atoms with Crippen molar-refractivity contribution in [2.24, 2.45) is 5.73 Å². The van der Waals surface area contributed by atoms with E-state index in [0.29, 0.717) is 6.54 Å². The monoisotopic (exact) mass is 306 g/mol. The van der Waals surface area contributed by atoms with Crippen LogP contribution < -0.4 is 5.73 Å². The maximum Gasteiger partial charge on any atom is 0.0564 e. The van der Waals surface area contributed by atoms with Gasteiger partial charge in [0.15, 0.2) is 0 Å². The van der Waals surface area contributed by atoms with Crippen molar-refractivity contribution in [2.45, 2.75) is 19.4 Å². The molecule has 0 fully saturated rings. The Hall–Kier alpha value is 0.0600. The summed E-state index contributed by atoms with van der Waals surface area (Å²) in [6, 6.07) is 2.40. The Labute approximate surface area is 109 Å². The lowest BCUT2D eigenvalue weighted by atomic mass is 10.2. The number of nitrogens with zero attached hydrogens (tertiary/aromatic N) is 1. The highest BCUT2D eigenvalue weighted by Gasteiger charge is 2.18. The molecule has 1 heterocycles. The highest BCUT2D eigenvalue weighted by Crippen LogP contribution is 2.28. The molecule has 0 saturated carbocycles. The number of nitrogens with two attached hydrogens (primary N) is 1. The smallest absolute Gasteiger partial charge is 0.0564 e. The van der Waals surface area contributed by atoms with Crippen molar-refractivity contribution in [2.75, 3.05) is 26.2 Å². The highest BCUT2D eigenvalue weighted by molar-refractivity contribution is 9.10. The van der Waals surface area contributed by atoms with E-state index in [1.54, 1.807) is 11.3 Å². The van der Waals surface area contributed by atoms with E-state index in [1.165, 1.54) is 4.88 Å². The van der Waals surface area contributed by atoms with Crippen molar-refractivity contribution >= 4 is 27.3 Å². The lowest BCUT2D eigenvalue weighted by Gasteiger charge is -2.28. The van der Waals surface area contributed by atoms with Crippen molar-refractivity contribution in [1.29, 1.82) is 0 Å². The maximum absolute atomic E-state index is 8.88. The average Bonchev–Trinajstić information content (AvgIpc) is 2.70. The van der Waals surface area contributed by atoms with Crippen molar-refractivity contribution in [3.8, 4) is 0 Å². The Morgan fingerprint density at radius 3 is 2.81 bits per heavy atom. The number of likely N-dealkylation sites (N-methyl/N-ethyl adjacent to an activating group) is 1. The summed E-state index contributed by atoms with van der Waals surface area (Å²) in [5, 5.41) is 11.0. The van der Waals surface area contributed by atoms with E-state index in [0.717, 1.165) is 24.0 Å². The lowest BCUT2D eigenvalue weighted by Crippen LogP contribution is -2.34. The number of rotatable bonds is 7. The molecule has 0 spiro atoms.